The van der Waals surface area contributed by atoms with Crippen molar-refractivity contribution in [2.24, 2.45) is 5.92 Å². The fourth-order valence-electron chi connectivity index (χ4n) is 2.68. The average molecular weight is 440 g/mol. The molecule has 120 valence electrons. The molecule has 1 unspecified atom stereocenters. The van der Waals surface area contributed by atoms with Crippen molar-refractivity contribution >= 4 is 49.3 Å². The third-order valence-corrected chi connectivity index (χ3v) is 4.73. The van der Waals surface area contributed by atoms with Crippen molar-refractivity contribution in [3.63, 3.8) is 0 Å². The van der Waals surface area contributed by atoms with Gasteiger partial charge >= 0.3 is 0 Å². The van der Waals surface area contributed by atoms with E-state index in [1.807, 2.05) is 18.3 Å². The van der Waals surface area contributed by atoms with E-state index < -0.39 is 0 Å². The first-order valence-electron chi connectivity index (χ1n) is 7.40. The van der Waals surface area contributed by atoms with Crippen LogP contribution in [0.1, 0.15) is 12.8 Å². The third kappa shape index (κ3) is 4.29. The summed E-state index contributed by atoms with van der Waals surface area (Å²) in [6, 6.07) is 5.69. The van der Waals surface area contributed by atoms with Gasteiger partial charge in [0.25, 0.3) is 0 Å². The van der Waals surface area contributed by atoms with E-state index in [9.17, 15) is 4.79 Å². The van der Waals surface area contributed by atoms with Crippen LogP contribution in [0, 0.1) is 5.92 Å². The minimum absolute atomic E-state index is 0.0208. The lowest BCUT2D eigenvalue weighted by molar-refractivity contribution is -0.120. The average Bonchev–Trinajstić information content (AvgIpc) is 2.57. The van der Waals surface area contributed by atoms with E-state index in [0.29, 0.717) is 12.4 Å². The molecule has 1 N–H and O–H groups in total. The number of nitrogens with one attached hydrogen (secondary N) is 1. The molecule has 3 rings (SSSR count). The molecule has 5 nitrogen and oxygen atoms in total. The lowest BCUT2D eigenvalue weighted by atomic mass is 9.97. The molecule has 0 aliphatic carbocycles. The van der Waals surface area contributed by atoms with Gasteiger partial charge in [-0.1, -0.05) is 0 Å². The van der Waals surface area contributed by atoms with E-state index in [-0.39, 0.29) is 11.8 Å². The van der Waals surface area contributed by atoms with Crippen molar-refractivity contribution in [1.29, 1.82) is 0 Å². The summed E-state index contributed by atoms with van der Waals surface area (Å²) in [5, 5.41) is 2.90. The Bertz CT molecular complexity index is 693. The van der Waals surface area contributed by atoms with Crippen LogP contribution in [0.15, 0.2) is 45.7 Å². The van der Waals surface area contributed by atoms with Gasteiger partial charge in [-0.05, 0) is 62.9 Å². The Morgan fingerprint density at radius 2 is 2.09 bits per heavy atom. The molecule has 1 aliphatic heterocycles. The van der Waals surface area contributed by atoms with Gasteiger partial charge in [0.2, 0.25) is 5.91 Å². The topological polar surface area (TPSA) is 58.1 Å². The molecule has 0 bridgehead atoms. The van der Waals surface area contributed by atoms with Gasteiger partial charge in [-0.3, -0.25) is 9.78 Å². The van der Waals surface area contributed by atoms with Gasteiger partial charge in [0, 0.05) is 34.4 Å². The van der Waals surface area contributed by atoms with Crippen LogP contribution in [-0.2, 0) is 4.79 Å². The molecule has 1 saturated heterocycles. The van der Waals surface area contributed by atoms with Crippen LogP contribution in [0.5, 0.6) is 0 Å². The van der Waals surface area contributed by atoms with Crippen molar-refractivity contribution in [3.05, 3.63) is 45.7 Å². The lowest BCUT2D eigenvalue weighted by Crippen LogP contribution is -2.40. The highest BCUT2D eigenvalue weighted by atomic mass is 79.9. The van der Waals surface area contributed by atoms with Crippen LogP contribution in [0.3, 0.4) is 0 Å². The van der Waals surface area contributed by atoms with Crippen molar-refractivity contribution in [1.82, 2.24) is 9.97 Å². The highest BCUT2D eigenvalue weighted by molar-refractivity contribution is 9.10. The summed E-state index contributed by atoms with van der Waals surface area (Å²) in [7, 11) is 0. The summed E-state index contributed by atoms with van der Waals surface area (Å²) in [6.07, 6.45) is 7.15. The van der Waals surface area contributed by atoms with Gasteiger partial charge in [0.1, 0.15) is 5.82 Å². The van der Waals surface area contributed by atoms with E-state index >= 15 is 0 Å². The molecular weight excluding hydrogens is 424 g/mol. The summed E-state index contributed by atoms with van der Waals surface area (Å²) in [6.45, 7) is 1.64. The SMILES string of the molecule is O=C(Nc1ccc(Br)cn1)C1CCCN(c2cncc(Br)c2)C1. The first kappa shape index (κ1) is 16.4. The largest absolute Gasteiger partial charge is 0.369 e. The van der Waals surface area contributed by atoms with Gasteiger partial charge < -0.3 is 10.2 Å². The number of amides is 1. The Labute approximate surface area is 151 Å². The number of nitrogens with zero attached hydrogens (tertiary/aromatic N) is 3. The summed E-state index contributed by atoms with van der Waals surface area (Å²) in [5.41, 5.74) is 1.04. The Hall–Kier alpha value is -1.47. The zero-order valence-corrected chi connectivity index (χ0v) is 15.5. The van der Waals surface area contributed by atoms with Crippen molar-refractivity contribution < 1.29 is 4.79 Å². The second-order valence-corrected chi connectivity index (χ2v) is 7.33. The predicted molar refractivity (Wildman–Crippen MR) is 97.4 cm³/mol. The molecule has 0 saturated carbocycles. The Morgan fingerprint density at radius 1 is 1.22 bits per heavy atom. The summed E-state index contributed by atoms with van der Waals surface area (Å²) < 4.78 is 1.84. The van der Waals surface area contributed by atoms with Crippen LogP contribution in [0.2, 0.25) is 0 Å². The number of rotatable bonds is 3. The number of halogens is 2. The maximum absolute atomic E-state index is 12.5. The molecule has 1 amide bonds. The van der Waals surface area contributed by atoms with Crippen LogP contribution in [0.4, 0.5) is 11.5 Å². The van der Waals surface area contributed by atoms with E-state index in [1.54, 1.807) is 18.5 Å². The fourth-order valence-corrected chi connectivity index (χ4v) is 3.26. The van der Waals surface area contributed by atoms with Crippen LogP contribution < -0.4 is 10.2 Å². The minimum Gasteiger partial charge on any atom is -0.369 e. The molecule has 2 aromatic heterocycles. The maximum atomic E-state index is 12.5. The number of aromatic nitrogens is 2. The fraction of sp³-hybridized carbons (Fsp3) is 0.312. The van der Waals surface area contributed by atoms with Gasteiger partial charge in [-0.15, -0.1) is 0 Å². The number of carbonyl (C=O) groups is 1. The number of carbonyl (C=O) groups excluding carboxylic acids is 1. The lowest BCUT2D eigenvalue weighted by Gasteiger charge is -2.33. The normalized spacial score (nSPS) is 17.8. The highest BCUT2D eigenvalue weighted by Crippen LogP contribution is 2.25. The first-order chi connectivity index (χ1) is 11.1. The molecule has 1 aliphatic rings. The van der Waals surface area contributed by atoms with Gasteiger partial charge in [0.15, 0.2) is 0 Å². The molecule has 23 heavy (non-hydrogen) atoms. The number of hydrogen-bond acceptors (Lipinski definition) is 4. The van der Waals surface area contributed by atoms with Crippen molar-refractivity contribution in [2.45, 2.75) is 12.8 Å². The quantitative estimate of drug-likeness (QED) is 0.788. The number of piperidine rings is 1. The zero-order valence-electron chi connectivity index (χ0n) is 12.4. The highest BCUT2D eigenvalue weighted by Gasteiger charge is 2.26. The summed E-state index contributed by atoms with van der Waals surface area (Å²) in [5.74, 6) is 0.556. The Morgan fingerprint density at radius 3 is 2.83 bits per heavy atom. The number of hydrogen-bond donors (Lipinski definition) is 1. The second-order valence-electron chi connectivity index (χ2n) is 5.50. The molecule has 7 heteroatoms. The van der Waals surface area contributed by atoms with Gasteiger partial charge in [0.05, 0.1) is 17.8 Å². The van der Waals surface area contributed by atoms with E-state index in [2.05, 4.69) is 52.0 Å². The van der Waals surface area contributed by atoms with Crippen LogP contribution >= 0.6 is 31.9 Å². The zero-order chi connectivity index (χ0) is 16.2. The number of pyridine rings is 2. The molecule has 0 aromatic carbocycles. The Kier molecular flexibility index (Phi) is 5.27. The smallest absolute Gasteiger partial charge is 0.230 e. The molecule has 1 fully saturated rings. The Balaban J connectivity index is 1.65. The van der Waals surface area contributed by atoms with Crippen LogP contribution in [0.25, 0.3) is 0 Å². The molecule has 2 aromatic rings. The van der Waals surface area contributed by atoms with E-state index in [0.717, 1.165) is 34.0 Å². The predicted octanol–water partition coefficient (Wildman–Crippen LogP) is 3.86. The molecule has 1 atom stereocenters. The van der Waals surface area contributed by atoms with Crippen molar-refractivity contribution in [2.75, 3.05) is 23.3 Å². The van der Waals surface area contributed by atoms with Crippen molar-refractivity contribution in [3.8, 4) is 0 Å². The van der Waals surface area contributed by atoms with Crippen LogP contribution in [-0.4, -0.2) is 29.0 Å². The molecule has 0 radical (unpaired) electrons. The standard InChI is InChI=1S/C16H16Br2N4O/c17-12-3-4-15(20-8-12)21-16(23)11-2-1-5-22(10-11)14-6-13(18)7-19-9-14/h3-4,6-9,11H,1-2,5,10H2,(H,20,21,23). The second kappa shape index (κ2) is 7.40. The third-order valence-electron chi connectivity index (χ3n) is 3.83. The minimum atomic E-state index is -0.0480. The van der Waals surface area contributed by atoms with E-state index in [4.69, 9.17) is 0 Å². The molecular formula is C16H16Br2N4O. The maximum Gasteiger partial charge on any atom is 0.230 e. The van der Waals surface area contributed by atoms with E-state index in [1.165, 1.54) is 0 Å². The van der Waals surface area contributed by atoms with Gasteiger partial charge in [-0.25, -0.2) is 4.98 Å². The molecule has 0 spiro atoms. The van der Waals surface area contributed by atoms with Gasteiger partial charge in [-0.2, -0.15) is 0 Å². The first-order valence-corrected chi connectivity index (χ1v) is 8.98. The monoisotopic (exact) mass is 438 g/mol. The summed E-state index contributed by atoms with van der Waals surface area (Å²) in [4.78, 5) is 23.1. The molecule has 3 heterocycles. The summed E-state index contributed by atoms with van der Waals surface area (Å²) >= 11 is 6.78. The number of anilines is 2.